The van der Waals surface area contributed by atoms with Gasteiger partial charge >= 0.3 is 0 Å². The van der Waals surface area contributed by atoms with Crippen LogP contribution < -0.4 is 5.32 Å². The molecule has 0 bridgehead atoms. The van der Waals surface area contributed by atoms with Crippen LogP contribution in [0.4, 0.5) is 17.6 Å². The number of hydrogen-bond acceptors (Lipinski definition) is 1. The molecule has 2 unspecified atom stereocenters. The number of nitrogens with one attached hydrogen (secondary N) is 1. The molecule has 5 heteroatoms. The van der Waals surface area contributed by atoms with E-state index in [4.69, 9.17) is 6.42 Å². The molecule has 0 aliphatic carbocycles. The fourth-order valence-electron chi connectivity index (χ4n) is 2.10. The molecule has 0 aromatic heterocycles. The lowest BCUT2D eigenvalue weighted by Crippen LogP contribution is -2.49. The van der Waals surface area contributed by atoms with Gasteiger partial charge in [0.05, 0.1) is 0 Å². The number of terminal acetylenes is 1. The SMILES string of the molecule is C#CCc1c(F)c(F)c(C2CNC2C)c(F)c1F. The fourth-order valence-corrected chi connectivity index (χ4v) is 2.10. The summed E-state index contributed by atoms with van der Waals surface area (Å²) in [6, 6.07) is -0.216. The fraction of sp³-hybridized carbons (Fsp3) is 0.385. The maximum atomic E-state index is 13.8. The predicted molar refractivity (Wildman–Crippen MR) is 59.0 cm³/mol. The zero-order valence-electron chi connectivity index (χ0n) is 9.66. The molecular formula is C13H11F4N. The van der Waals surface area contributed by atoms with Gasteiger partial charge in [0.1, 0.15) is 0 Å². The molecule has 0 radical (unpaired) electrons. The lowest BCUT2D eigenvalue weighted by atomic mass is 9.84. The average Bonchev–Trinajstić information content (AvgIpc) is 2.35. The Morgan fingerprint density at radius 3 is 2.06 bits per heavy atom. The van der Waals surface area contributed by atoms with E-state index < -0.39 is 46.7 Å². The summed E-state index contributed by atoms with van der Waals surface area (Å²) in [5, 5.41) is 2.88. The summed E-state index contributed by atoms with van der Waals surface area (Å²) in [5.41, 5.74) is -1.26. The molecule has 2 atom stereocenters. The van der Waals surface area contributed by atoms with Crippen molar-refractivity contribution in [3.8, 4) is 12.3 Å². The second kappa shape index (κ2) is 4.62. The van der Waals surface area contributed by atoms with Crippen LogP contribution in [0.3, 0.4) is 0 Å². The maximum absolute atomic E-state index is 13.8. The normalized spacial score (nSPS) is 22.4. The minimum absolute atomic E-state index is 0.216. The Bertz CT molecular complexity index is 504. The van der Waals surface area contributed by atoms with E-state index in [0.29, 0.717) is 6.54 Å². The second-order valence-corrected chi connectivity index (χ2v) is 4.33. The van der Waals surface area contributed by atoms with Crippen molar-refractivity contribution >= 4 is 0 Å². The van der Waals surface area contributed by atoms with Gasteiger partial charge in [-0.15, -0.1) is 12.3 Å². The molecule has 0 amide bonds. The van der Waals surface area contributed by atoms with Gasteiger partial charge in [0, 0.05) is 36.1 Å². The third-order valence-electron chi connectivity index (χ3n) is 3.30. The van der Waals surface area contributed by atoms with E-state index >= 15 is 0 Å². The molecule has 96 valence electrons. The third-order valence-corrected chi connectivity index (χ3v) is 3.30. The summed E-state index contributed by atoms with van der Waals surface area (Å²) < 4.78 is 54.9. The minimum Gasteiger partial charge on any atom is -0.313 e. The van der Waals surface area contributed by atoms with Crippen LogP contribution in [0.5, 0.6) is 0 Å². The minimum atomic E-state index is -1.39. The van der Waals surface area contributed by atoms with Crippen molar-refractivity contribution in [2.45, 2.75) is 25.3 Å². The van der Waals surface area contributed by atoms with Crippen LogP contribution in [0.15, 0.2) is 0 Å². The molecule has 0 saturated carbocycles. The van der Waals surface area contributed by atoms with Crippen LogP contribution in [0.2, 0.25) is 0 Å². The maximum Gasteiger partial charge on any atom is 0.166 e. The monoisotopic (exact) mass is 257 g/mol. The Labute approximate surface area is 102 Å². The highest BCUT2D eigenvalue weighted by atomic mass is 19.2. The molecule has 1 saturated heterocycles. The third kappa shape index (κ3) is 1.77. The predicted octanol–water partition coefficient (Wildman–Crippen LogP) is 2.49. The van der Waals surface area contributed by atoms with Gasteiger partial charge in [-0.25, -0.2) is 17.6 Å². The van der Waals surface area contributed by atoms with E-state index in [-0.39, 0.29) is 6.04 Å². The van der Waals surface area contributed by atoms with Gasteiger partial charge in [-0.1, -0.05) is 0 Å². The van der Waals surface area contributed by atoms with Crippen molar-refractivity contribution in [3.05, 3.63) is 34.4 Å². The average molecular weight is 257 g/mol. The smallest absolute Gasteiger partial charge is 0.166 e. The summed E-state index contributed by atoms with van der Waals surface area (Å²) in [4.78, 5) is 0. The second-order valence-electron chi connectivity index (χ2n) is 4.33. The van der Waals surface area contributed by atoms with Gasteiger partial charge in [0.15, 0.2) is 23.3 Å². The molecule has 1 aliphatic rings. The van der Waals surface area contributed by atoms with E-state index in [1.54, 1.807) is 6.92 Å². The largest absolute Gasteiger partial charge is 0.313 e. The van der Waals surface area contributed by atoms with Gasteiger partial charge < -0.3 is 5.32 Å². The van der Waals surface area contributed by atoms with Crippen LogP contribution in [0.25, 0.3) is 0 Å². The standard InChI is InChI=1S/C13H11F4N/c1-3-4-7-10(14)12(16)9(13(17)11(7)15)8-5-18-6(8)2/h1,6,8,18H,4-5H2,2H3. The van der Waals surface area contributed by atoms with Crippen LogP contribution in [0.1, 0.15) is 24.0 Å². The molecule has 1 aromatic rings. The van der Waals surface area contributed by atoms with Crippen molar-refractivity contribution in [2.24, 2.45) is 0 Å². The first-order valence-corrected chi connectivity index (χ1v) is 5.50. The molecule has 1 aromatic carbocycles. The first kappa shape index (κ1) is 12.9. The van der Waals surface area contributed by atoms with Crippen molar-refractivity contribution in [3.63, 3.8) is 0 Å². The molecule has 1 N–H and O–H groups in total. The quantitative estimate of drug-likeness (QED) is 0.487. The van der Waals surface area contributed by atoms with E-state index in [1.807, 2.05) is 5.92 Å². The molecule has 1 fully saturated rings. The van der Waals surface area contributed by atoms with E-state index in [0.717, 1.165) is 0 Å². The Kier molecular flexibility index (Phi) is 3.31. The number of hydrogen-bond donors (Lipinski definition) is 1. The Morgan fingerprint density at radius 1 is 1.17 bits per heavy atom. The molecule has 2 rings (SSSR count). The Balaban J connectivity index is 2.59. The molecule has 1 heterocycles. The Hall–Kier alpha value is -1.54. The summed E-state index contributed by atoms with van der Waals surface area (Å²) in [6.07, 6.45) is 4.44. The first-order chi connectivity index (χ1) is 8.49. The lowest BCUT2D eigenvalue weighted by Gasteiger charge is -2.36. The highest BCUT2D eigenvalue weighted by Gasteiger charge is 2.36. The van der Waals surface area contributed by atoms with Crippen LogP contribution >= 0.6 is 0 Å². The van der Waals surface area contributed by atoms with Gasteiger partial charge in [0.2, 0.25) is 0 Å². The van der Waals surface area contributed by atoms with Crippen molar-refractivity contribution < 1.29 is 17.6 Å². The van der Waals surface area contributed by atoms with Gasteiger partial charge in [-0.3, -0.25) is 0 Å². The van der Waals surface area contributed by atoms with E-state index in [1.165, 1.54) is 0 Å². The van der Waals surface area contributed by atoms with Crippen LogP contribution in [-0.4, -0.2) is 12.6 Å². The summed E-state index contributed by atoms with van der Waals surface area (Å²) in [5.74, 6) is -4.03. The van der Waals surface area contributed by atoms with Gasteiger partial charge in [0.25, 0.3) is 0 Å². The molecular weight excluding hydrogens is 246 g/mol. The number of benzene rings is 1. The van der Waals surface area contributed by atoms with E-state index in [9.17, 15) is 17.6 Å². The van der Waals surface area contributed by atoms with Gasteiger partial charge in [-0.2, -0.15) is 0 Å². The highest BCUT2D eigenvalue weighted by molar-refractivity contribution is 5.36. The number of rotatable bonds is 2. The molecule has 0 spiro atoms. The van der Waals surface area contributed by atoms with E-state index in [2.05, 4.69) is 5.32 Å². The zero-order valence-corrected chi connectivity index (χ0v) is 9.66. The Morgan fingerprint density at radius 2 is 1.72 bits per heavy atom. The molecule has 1 aliphatic heterocycles. The summed E-state index contributed by atoms with van der Waals surface area (Å²) in [6.45, 7) is 1.99. The topological polar surface area (TPSA) is 12.0 Å². The van der Waals surface area contributed by atoms with Crippen LogP contribution in [0, 0.1) is 35.6 Å². The van der Waals surface area contributed by atoms with Gasteiger partial charge in [-0.05, 0) is 6.92 Å². The number of halogens is 4. The molecule has 18 heavy (non-hydrogen) atoms. The van der Waals surface area contributed by atoms with Crippen molar-refractivity contribution in [1.29, 1.82) is 0 Å². The first-order valence-electron chi connectivity index (χ1n) is 5.50. The highest BCUT2D eigenvalue weighted by Crippen LogP contribution is 2.34. The summed E-state index contributed by atoms with van der Waals surface area (Å²) >= 11 is 0. The lowest BCUT2D eigenvalue weighted by molar-refractivity contribution is 0.305. The van der Waals surface area contributed by atoms with Crippen LogP contribution in [-0.2, 0) is 6.42 Å². The van der Waals surface area contributed by atoms with Crippen molar-refractivity contribution in [1.82, 2.24) is 5.32 Å². The van der Waals surface area contributed by atoms with Crippen molar-refractivity contribution in [2.75, 3.05) is 6.54 Å². The molecule has 1 nitrogen and oxygen atoms in total. The zero-order chi connectivity index (χ0) is 13.4. The summed E-state index contributed by atoms with van der Waals surface area (Å²) in [7, 11) is 0.